The molecule has 3 rings (SSSR count). The first-order valence-electron chi connectivity index (χ1n) is 7.57. The van der Waals surface area contributed by atoms with Gasteiger partial charge < -0.3 is 9.47 Å². The third kappa shape index (κ3) is 3.43. The minimum Gasteiger partial charge on any atom is -0.463 e. The van der Waals surface area contributed by atoms with E-state index in [9.17, 15) is 13.2 Å². The molecule has 7 nitrogen and oxygen atoms in total. The van der Waals surface area contributed by atoms with E-state index in [2.05, 4.69) is 5.10 Å². The molecule has 0 unspecified atom stereocenters. The molecule has 2 heterocycles. The van der Waals surface area contributed by atoms with Gasteiger partial charge >= 0.3 is 5.97 Å². The lowest BCUT2D eigenvalue weighted by atomic mass is 9.92. The minimum absolute atomic E-state index is 0.0679. The number of benzene rings is 1. The van der Waals surface area contributed by atoms with Crippen LogP contribution in [0, 0.1) is 0 Å². The summed E-state index contributed by atoms with van der Waals surface area (Å²) >= 11 is 0. The van der Waals surface area contributed by atoms with Crippen molar-refractivity contribution in [2.45, 2.75) is 31.1 Å². The lowest BCUT2D eigenvalue weighted by molar-refractivity contribution is -0.147. The molecule has 0 bridgehead atoms. The molecule has 8 heteroatoms. The lowest BCUT2D eigenvalue weighted by Crippen LogP contribution is -2.22. The van der Waals surface area contributed by atoms with E-state index in [1.54, 1.807) is 44.4 Å². The van der Waals surface area contributed by atoms with Crippen molar-refractivity contribution in [2.75, 3.05) is 6.26 Å². The van der Waals surface area contributed by atoms with Crippen molar-refractivity contribution in [1.29, 1.82) is 0 Å². The molecule has 132 valence electrons. The molecule has 1 aromatic carbocycles. The van der Waals surface area contributed by atoms with Crippen molar-refractivity contribution in [3.63, 3.8) is 0 Å². The maximum atomic E-state index is 12.2. The molecule has 0 amide bonds. The predicted molar refractivity (Wildman–Crippen MR) is 90.0 cm³/mol. The third-order valence-electron chi connectivity index (χ3n) is 3.83. The van der Waals surface area contributed by atoms with E-state index in [1.165, 1.54) is 16.8 Å². The largest absolute Gasteiger partial charge is 0.463 e. The van der Waals surface area contributed by atoms with E-state index in [-0.39, 0.29) is 17.4 Å². The summed E-state index contributed by atoms with van der Waals surface area (Å²) in [7, 11) is -3.29. The number of sulfone groups is 1. The first-order valence-corrected chi connectivity index (χ1v) is 9.46. The van der Waals surface area contributed by atoms with Gasteiger partial charge in [0.15, 0.2) is 16.6 Å². The predicted octanol–water partition coefficient (Wildman–Crippen LogP) is 2.01. The highest BCUT2D eigenvalue weighted by Crippen LogP contribution is 2.40. The van der Waals surface area contributed by atoms with Crippen molar-refractivity contribution >= 4 is 21.4 Å². The highest BCUT2D eigenvalue weighted by Gasteiger charge is 2.42. The first-order chi connectivity index (χ1) is 11.7. The van der Waals surface area contributed by atoms with E-state index < -0.39 is 21.4 Å². The van der Waals surface area contributed by atoms with Gasteiger partial charge in [-0.05, 0) is 37.6 Å². The number of hydrogen-bond acceptors (Lipinski definition) is 6. The van der Waals surface area contributed by atoms with Crippen molar-refractivity contribution in [3.05, 3.63) is 54.0 Å². The Balaban J connectivity index is 1.99. The highest BCUT2D eigenvalue weighted by molar-refractivity contribution is 7.90. The Kier molecular flexibility index (Phi) is 4.16. The summed E-state index contributed by atoms with van der Waals surface area (Å²) in [5, 5.41) is 4.03. The van der Waals surface area contributed by atoms with E-state index in [1.807, 2.05) is 0 Å². The summed E-state index contributed by atoms with van der Waals surface area (Å²) in [5.74, 6) is -0.452. The summed E-state index contributed by atoms with van der Waals surface area (Å²) < 4.78 is 35.8. The zero-order chi connectivity index (χ0) is 18.2. The number of cyclic esters (lactones) is 1. The molecule has 2 aromatic rings. The number of esters is 1. The molecule has 1 aromatic heterocycles. The zero-order valence-electron chi connectivity index (χ0n) is 14.1. The molecule has 0 N–H and O–H groups in total. The zero-order valence-corrected chi connectivity index (χ0v) is 14.9. The Bertz CT molecular complexity index is 926. The number of hydrogen-bond donors (Lipinski definition) is 0. The molecular weight excluding hydrogens is 344 g/mol. The molecule has 0 saturated carbocycles. The van der Waals surface area contributed by atoms with Crippen molar-refractivity contribution in [2.24, 2.45) is 0 Å². The van der Waals surface area contributed by atoms with Crippen molar-refractivity contribution < 1.29 is 22.7 Å². The van der Waals surface area contributed by atoms with Gasteiger partial charge in [-0.2, -0.15) is 5.10 Å². The second kappa shape index (κ2) is 6.03. The summed E-state index contributed by atoms with van der Waals surface area (Å²) in [6, 6.07) is 8.04. The molecule has 0 atom stereocenters. The van der Waals surface area contributed by atoms with Crippen LogP contribution in [0.15, 0.2) is 53.4 Å². The fourth-order valence-electron chi connectivity index (χ4n) is 2.69. The highest BCUT2D eigenvalue weighted by atomic mass is 32.2. The molecule has 0 saturated heterocycles. The molecule has 25 heavy (non-hydrogen) atoms. The van der Waals surface area contributed by atoms with Crippen LogP contribution in [-0.2, 0) is 30.8 Å². The van der Waals surface area contributed by atoms with Crippen molar-refractivity contribution in [1.82, 2.24) is 9.78 Å². The molecular formula is C17H18N2O5S. The number of ether oxygens (including phenoxy) is 2. The number of rotatable bonds is 5. The third-order valence-corrected chi connectivity index (χ3v) is 4.96. The van der Waals surface area contributed by atoms with Crippen LogP contribution in [0.25, 0.3) is 5.57 Å². The van der Waals surface area contributed by atoms with Crippen LogP contribution in [0.1, 0.15) is 19.4 Å². The monoisotopic (exact) mass is 362 g/mol. The van der Waals surface area contributed by atoms with Crippen LogP contribution in [-0.4, -0.2) is 36.0 Å². The Morgan fingerprint density at radius 2 is 1.92 bits per heavy atom. The number of carbonyl (C=O) groups is 1. The Morgan fingerprint density at radius 3 is 2.48 bits per heavy atom. The summed E-state index contributed by atoms with van der Waals surface area (Å²) in [6.07, 6.45) is 4.47. The summed E-state index contributed by atoms with van der Waals surface area (Å²) in [6.45, 7) is 3.59. The quantitative estimate of drug-likeness (QED) is 0.756. The van der Waals surface area contributed by atoms with Gasteiger partial charge in [0.05, 0.1) is 10.5 Å². The van der Waals surface area contributed by atoms with Gasteiger partial charge in [-0.3, -0.25) is 0 Å². The van der Waals surface area contributed by atoms with E-state index in [0.29, 0.717) is 11.1 Å². The van der Waals surface area contributed by atoms with Crippen LogP contribution in [0.4, 0.5) is 0 Å². The Morgan fingerprint density at radius 1 is 1.24 bits per heavy atom. The second-order valence-corrected chi connectivity index (χ2v) is 8.24. The molecule has 0 aliphatic carbocycles. The van der Waals surface area contributed by atoms with Gasteiger partial charge in [-0.15, -0.1) is 0 Å². The molecule has 0 fully saturated rings. The van der Waals surface area contributed by atoms with E-state index in [4.69, 9.17) is 9.47 Å². The van der Waals surface area contributed by atoms with Crippen LogP contribution >= 0.6 is 0 Å². The number of nitrogens with zero attached hydrogens (tertiary/aromatic N) is 2. The fraction of sp³-hybridized carbons (Fsp3) is 0.294. The van der Waals surface area contributed by atoms with Gasteiger partial charge in [0, 0.05) is 18.6 Å². The van der Waals surface area contributed by atoms with E-state index >= 15 is 0 Å². The van der Waals surface area contributed by atoms with Gasteiger partial charge in [-0.25, -0.2) is 17.9 Å². The first kappa shape index (κ1) is 17.2. The van der Waals surface area contributed by atoms with Crippen LogP contribution in [0.3, 0.4) is 0 Å². The average Bonchev–Trinajstić information content (AvgIpc) is 3.10. The van der Waals surface area contributed by atoms with Gasteiger partial charge in [-0.1, -0.05) is 12.1 Å². The Hall–Kier alpha value is -2.61. The van der Waals surface area contributed by atoms with Gasteiger partial charge in [0.25, 0.3) is 0 Å². The summed E-state index contributed by atoms with van der Waals surface area (Å²) in [5.41, 5.74) is 0.354. The number of carbonyl (C=O) groups excluding carboxylic acids is 1. The maximum Gasteiger partial charge on any atom is 0.375 e. The van der Waals surface area contributed by atoms with Crippen LogP contribution in [0.2, 0.25) is 0 Å². The van der Waals surface area contributed by atoms with Crippen molar-refractivity contribution in [3.8, 4) is 0 Å². The Labute approximate surface area is 145 Å². The second-order valence-electron chi connectivity index (χ2n) is 6.22. The van der Waals surface area contributed by atoms with Gasteiger partial charge in [0.1, 0.15) is 5.60 Å². The molecule has 0 spiro atoms. The van der Waals surface area contributed by atoms with Gasteiger partial charge in [0.2, 0.25) is 5.76 Å². The van der Waals surface area contributed by atoms with E-state index in [0.717, 1.165) is 6.26 Å². The molecule has 1 aliphatic heterocycles. The minimum atomic E-state index is -3.29. The standard InChI is InChI=1S/C17H18N2O5S/c1-17(2)14(12-5-7-13(8-6-12)25(3,21)22)15(16(20)24-17)23-11-19-10-4-9-18-19/h4-10H,11H2,1-3H3. The normalized spacial score (nSPS) is 16.8. The topological polar surface area (TPSA) is 87.5 Å². The summed E-state index contributed by atoms with van der Waals surface area (Å²) in [4.78, 5) is 12.4. The smallest absolute Gasteiger partial charge is 0.375 e. The maximum absolute atomic E-state index is 12.2. The fourth-order valence-corrected chi connectivity index (χ4v) is 3.32. The lowest BCUT2D eigenvalue weighted by Gasteiger charge is -2.21. The average molecular weight is 362 g/mol. The van der Waals surface area contributed by atoms with Crippen LogP contribution in [0.5, 0.6) is 0 Å². The molecule has 0 radical (unpaired) electrons. The van der Waals surface area contributed by atoms with Crippen LogP contribution < -0.4 is 0 Å². The molecule has 1 aliphatic rings. The SMILES string of the molecule is CC1(C)OC(=O)C(OCn2cccn2)=C1c1ccc(S(C)(=O)=O)cc1. The number of aromatic nitrogens is 2.